The monoisotopic (exact) mass is 316 g/mol. The lowest BCUT2D eigenvalue weighted by atomic mass is 10.1. The minimum Gasteiger partial charge on any atom is -0.377 e. The van der Waals surface area contributed by atoms with E-state index in [1.807, 2.05) is 48.5 Å². The van der Waals surface area contributed by atoms with Gasteiger partial charge in [0.25, 0.3) is 0 Å². The van der Waals surface area contributed by atoms with Crippen LogP contribution in [-0.4, -0.2) is 4.98 Å². The number of halogens is 2. The molecule has 1 unspecified atom stereocenters. The van der Waals surface area contributed by atoms with E-state index in [9.17, 15) is 0 Å². The van der Waals surface area contributed by atoms with Crippen LogP contribution >= 0.6 is 23.2 Å². The standard InChI is InChI=1S/C17H14Cl2N2/c1-11(14-6-2-3-7-15(14)19)21-16-10-13(18)9-12-5-4-8-20-17(12)16/h2-11,21H,1H3. The van der Waals surface area contributed by atoms with Gasteiger partial charge in [-0.2, -0.15) is 0 Å². The van der Waals surface area contributed by atoms with Crippen molar-refractivity contribution in [3.05, 3.63) is 70.3 Å². The fourth-order valence-corrected chi connectivity index (χ4v) is 2.93. The molecule has 0 aliphatic heterocycles. The summed E-state index contributed by atoms with van der Waals surface area (Å²) in [6, 6.07) is 15.6. The van der Waals surface area contributed by atoms with Crippen LogP contribution in [0.4, 0.5) is 5.69 Å². The molecule has 4 heteroatoms. The predicted molar refractivity (Wildman–Crippen MR) is 90.2 cm³/mol. The Kier molecular flexibility index (Phi) is 4.00. The van der Waals surface area contributed by atoms with Gasteiger partial charge in [-0.3, -0.25) is 4.98 Å². The number of rotatable bonds is 3. The van der Waals surface area contributed by atoms with Gasteiger partial charge in [0.1, 0.15) is 0 Å². The fraction of sp³-hybridized carbons (Fsp3) is 0.118. The molecule has 0 fully saturated rings. The summed E-state index contributed by atoms with van der Waals surface area (Å²) >= 11 is 12.4. The molecule has 21 heavy (non-hydrogen) atoms. The van der Waals surface area contributed by atoms with Gasteiger partial charge in [-0.05, 0) is 36.8 Å². The molecule has 2 nitrogen and oxygen atoms in total. The van der Waals surface area contributed by atoms with Gasteiger partial charge in [-0.15, -0.1) is 0 Å². The third kappa shape index (κ3) is 2.97. The third-order valence-corrected chi connectivity index (χ3v) is 3.98. The minimum absolute atomic E-state index is 0.0578. The van der Waals surface area contributed by atoms with Crippen LogP contribution in [0.1, 0.15) is 18.5 Å². The molecule has 0 aliphatic rings. The zero-order valence-corrected chi connectivity index (χ0v) is 13.0. The SMILES string of the molecule is CC(Nc1cc(Cl)cc2cccnc12)c1ccccc1Cl. The summed E-state index contributed by atoms with van der Waals surface area (Å²) in [6.45, 7) is 2.07. The van der Waals surface area contributed by atoms with E-state index in [1.54, 1.807) is 6.20 Å². The zero-order valence-electron chi connectivity index (χ0n) is 11.5. The largest absolute Gasteiger partial charge is 0.377 e. The normalized spacial score (nSPS) is 12.3. The third-order valence-electron chi connectivity index (χ3n) is 3.41. The number of benzene rings is 2. The van der Waals surface area contributed by atoms with Gasteiger partial charge >= 0.3 is 0 Å². The maximum Gasteiger partial charge on any atom is 0.0934 e. The van der Waals surface area contributed by atoms with E-state index >= 15 is 0 Å². The van der Waals surface area contributed by atoms with Gasteiger partial charge in [-0.25, -0.2) is 0 Å². The van der Waals surface area contributed by atoms with E-state index in [1.165, 1.54) is 0 Å². The molecule has 0 bridgehead atoms. The summed E-state index contributed by atoms with van der Waals surface area (Å²) in [4.78, 5) is 4.44. The Labute approximate surface area is 133 Å². The van der Waals surface area contributed by atoms with Crippen molar-refractivity contribution in [1.82, 2.24) is 4.98 Å². The summed E-state index contributed by atoms with van der Waals surface area (Å²) in [5, 5.41) is 5.90. The van der Waals surface area contributed by atoms with Gasteiger partial charge in [-0.1, -0.05) is 47.5 Å². The average Bonchev–Trinajstić information content (AvgIpc) is 2.47. The molecular formula is C17H14Cl2N2. The molecule has 3 aromatic rings. The highest BCUT2D eigenvalue weighted by Gasteiger charge is 2.11. The van der Waals surface area contributed by atoms with Gasteiger partial charge in [0, 0.05) is 21.6 Å². The molecule has 3 rings (SSSR count). The second-order valence-corrected chi connectivity index (χ2v) is 5.76. The Morgan fingerprint density at radius 2 is 1.86 bits per heavy atom. The Morgan fingerprint density at radius 1 is 1.05 bits per heavy atom. The van der Waals surface area contributed by atoms with Gasteiger partial charge < -0.3 is 5.32 Å². The summed E-state index contributed by atoms with van der Waals surface area (Å²) in [7, 11) is 0. The summed E-state index contributed by atoms with van der Waals surface area (Å²) < 4.78 is 0. The first-order chi connectivity index (χ1) is 10.1. The second-order valence-electron chi connectivity index (χ2n) is 4.92. The van der Waals surface area contributed by atoms with Crippen molar-refractivity contribution in [2.24, 2.45) is 0 Å². The summed E-state index contributed by atoms with van der Waals surface area (Å²) in [5.41, 5.74) is 2.86. The number of hydrogen-bond donors (Lipinski definition) is 1. The summed E-state index contributed by atoms with van der Waals surface area (Å²) in [5.74, 6) is 0. The van der Waals surface area contributed by atoms with Crippen LogP contribution in [0, 0.1) is 0 Å². The predicted octanol–water partition coefficient (Wildman–Crippen LogP) is 5.71. The minimum atomic E-state index is 0.0578. The highest BCUT2D eigenvalue weighted by molar-refractivity contribution is 6.32. The maximum absolute atomic E-state index is 6.25. The van der Waals surface area contributed by atoms with Crippen LogP contribution in [-0.2, 0) is 0 Å². The van der Waals surface area contributed by atoms with Crippen molar-refractivity contribution in [2.45, 2.75) is 13.0 Å². The molecule has 0 amide bonds. The number of hydrogen-bond acceptors (Lipinski definition) is 2. The number of pyridine rings is 1. The van der Waals surface area contributed by atoms with Crippen molar-refractivity contribution in [3.63, 3.8) is 0 Å². The number of nitrogens with one attached hydrogen (secondary N) is 1. The van der Waals surface area contributed by atoms with E-state index in [0.717, 1.165) is 27.2 Å². The van der Waals surface area contributed by atoms with Gasteiger partial charge in [0.2, 0.25) is 0 Å². The Morgan fingerprint density at radius 3 is 2.67 bits per heavy atom. The van der Waals surface area contributed by atoms with Gasteiger partial charge in [0.05, 0.1) is 17.2 Å². The molecule has 1 aromatic heterocycles. The van der Waals surface area contributed by atoms with E-state index in [-0.39, 0.29) is 6.04 Å². The first-order valence-electron chi connectivity index (χ1n) is 6.70. The molecule has 1 atom stereocenters. The molecule has 0 saturated heterocycles. The molecule has 0 spiro atoms. The average molecular weight is 317 g/mol. The van der Waals surface area contributed by atoms with Crippen LogP contribution in [0.25, 0.3) is 10.9 Å². The number of fused-ring (bicyclic) bond motifs is 1. The lowest BCUT2D eigenvalue weighted by Gasteiger charge is -2.18. The second kappa shape index (κ2) is 5.92. The fourth-order valence-electron chi connectivity index (χ4n) is 2.40. The van der Waals surface area contributed by atoms with Crippen molar-refractivity contribution in [1.29, 1.82) is 0 Å². The van der Waals surface area contributed by atoms with Crippen LogP contribution in [0.3, 0.4) is 0 Å². The Hall–Kier alpha value is -1.77. The topological polar surface area (TPSA) is 24.9 Å². The van der Waals surface area contributed by atoms with Crippen molar-refractivity contribution in [3.8, 4) is 0 Å². The van der Waals surface area contributed by atoms with Crippen LogP contribution < -0.4 is 5.32 Å². The maximum atomic E-state index is 6.25. The molecule has 1 N–H and O–H groups in total. The number of nitrogens with zero attached hydrogens (tertiary/aromatic N) is 1. The first-order valence-corrected chi connectivity index (χ1v) is 7.46. The zero-order chi connectivity index (χ0) is 14.8. The highest BCUT2D eigenvalue weighted by atomic mass is 35.5. The first kappa shape index (κ1) is 14.2. The summed E-state index contributed by atoms with van der Waals surface area (Å²) in [6.07, 6.45) is 1.78. The van der Waals surface area contributed by atoms with Crippen molar-refractivity contribution >= 4 is 39.8 Å². The highest BCUT2D eigenvalue weighted by Crippen LogP contribution is 2.31. The Balaban J connectivity index is 2.00. The number of aromatic nitrogens is 1. The van der Waals surface area contributed by atoms with Crippen molar-refractivity contribution < 1.29 is 0 Å². The van der Waals surface area contributed by atoms with E-state index in [4.69, 9.17) is 23.2 Å². The van der Waals surface area contributed by atoms with E-state index in [2.05, 4.69) is 17.2 Å². The molecule has 0 radical (unpaired) electrons. The molecule has 106 valence electrons. The quantitative estimate of drug-likeness (QED) is 0.669. The molecule has 0 aliphatic carbocycles. The lowest BCUT2D eigenvalue weighted by molar-refractivity contribution is 0.886. The molecule has 2 aromatic carbocycles. The Bertz CT molecular complexity index is 787. The molecular weight excluding hydrogens is 303 g/mol. The van der Waals surface area contributed by atoms with Crippen LogP contribution in [0.15, 0.2) is 54.7 Å². The molecule has 0 saturated carbocycles. The van der Waals surface area contributed by atoms with Crippen molar-refractivity contribution in [2.75, 3.05) is 5.32 Å². The van der Waals surface area contributed by atoms with Gasteiger partial charge in [0.15, 0.2) is 0 Å². The van der Waals surface area contributed by atoms with Crippen LogP contribution in [0.2, 0.25) is 10.0 Å². The smallest absolute Gasteiger partial charge is 0.0934 e. The van der Waals surface area contributed by atoms with Crippen LogP contribution in [0.5, 0.6) is 0 Å². The lowest BCUT2D eigenvalue weighted by Crippen LogP contribution is -2.08. The van der Waals surface area contributed by atoms with E-state index in [0.29, 0.717) is 5.02 Å². The number of anilines is 1. The molecule has 1 heterocycles. The van der Waals surface area contributed by atoms with E-state index < -0.39 is 0 Å².